The van der Waals surface area contributed by atoms with Crippen molar-refractivity contribution in [3.05, 3.63) is 29.6 Å². The standard InChI is InChI=1S/C18H25N3O3/c1-14-11-15(6-7-19-14)16-12-21(9-10-24-16)18(23)13-20-8-4-2-3-5-17(20)22/h6-7,11,16H,2-5,8-10,12-13H2,1H3/t16-/m0/s1. The third kappa shape index (κ3) is 4.12. The van der Waals surface area contributed by atoms with Gasteiger partial charge in [-0.3, -0.25) is 14.6 Å². The van der Waals surface area contributed by atoms with E-state index < -0.39 is 0 Å². The number of amides is 2. The zero-order valence-electron chi connectivity index (χ0n) is 14.2. The number of aryl methyl sites for hydroxylation is 1. The van der Waals surface area contributed by atoms with Crippen LogP contribution in [0.25, 0.3) is 0 Å². The lowest BCUT2D eigenvalue weighted by molar-refractivity contribution is -0.145. The van der Waals surface area contributed by atoms with Crippen molar-refractivity contribution in [3.63, 3.8) is 0 Å². The van der Waals surface area contributed by atoms with Crippen molar-refractivity contribution in [1.82, 2.24) is 14.8 Å². The fraction of sp³-hybridized carbons (Fsp3) is 0.611. The lowest BCUT2D eigenvalue weighted by Gasteiger charge is -2.34. The Morgan fingerprint density at radius 3 is 3.04 bits per heavy atom. The van der Waals surface area contributed by atoms with E-state index in [0.717, 1.165) is 30.5 Å². The first-order chi connectivity index (χ1) is 11.6. The molecule has 2 amide bonds. The number of nitrogens with zero attached hydrogens (tertiary/aromatic N) is 3. The SMILES string of the molecule is Cc1cc([C@@H]2CN(C(=O)CN3CCCCCC3=O)CCO2)ccn1. The van der Waals surface area contributed by atoms with Crippen molar-refractivity contribution in [2.75, 3.05) is 32.8 Å². The third-order valence-electron chi connectivity index (χ3n) is 4.71. The van der Waals surface area contributed by atoms with Crippen LogP contribution in [0.5, 0.6) is 0 Å². The van der Waals surface area contributed by atoms with E-state index in [2.05, 4.69) is 4.98 Å². The third-order valence-corrected chi connectivity index (χ3v) is 4.71. The van der Waals surface area contributed by atoms with Gasteiger partial charge in [-0.2, -0.15) is 0 Å². The minimum absolute atomic E-state index is 0.0179. The van der Waals surface area contributed by atoms with Gasteiger partial charge in [0.2, 0.25) is 11.8 Å². The summed E-state index contributed by atoms with van der Waals surface area (Å²) in [6.07, 6.45) is 5.20. The number of carbonyl (C=O) groups is 2. The summed E-state index contributed by atoms with van der Waals surface area (Å²) in [5.41, 5.74) is 1.99. The Labute approximate surface area is 142 Å². The van der Waals surface area contributed by atoms with Crippen molar-refractivity contribution in [1.29, 1.82) is 0 Å². The van der Waals surface area contributed by atoms with Gasteiger partial charge in [-0.05, 0) is 37.5 Å². The molecule has 6 nitrogen and oxygen atoms in total. The van der Waals surface area contributed by atoms with Crippen molar-refractivity contribution >= 4 is 11.8 Å². The van der Waals surface area contributed by atoms with Crippen molar-refractivity contribution in [2.24, 2.45) is 0 Å². The van der Waals surface area contributed by atoms with Crippen molar-refractivity contribution < 1.29 is 14.3 Å². The maximum absolute atomic E-state index is 12.6. The summed E-state index contributed by atoms with van der Waals surface area (Å²) >= 11 is 0. The Morgan fingerprint density at radius 2 is 2.21 bits per heavy atom. The molecule has 2 fully saturated rings. The summed E-state index contributed by atoms with van der Waals surface area (Å²) in [5.74, 6) is 0.125. The van der Waals surface area contributed by atoms with Crippen LogP contribution in [0.2, 0.25) is 0 Å². The number of likely N-dealkylation sites (tertiary alicyclic amines) is 1. The van der Waals surface area contributed by atoms with Crippen LogP contribution in [0.1, 0.15) is 43.0 Å². The van der Waals surface area contributed by atoms with Crippen LogP contribution < -0.4 is 0 Å². The molecule has 130 valence electrons. The zero-order valence-corrected chi connectivity index (χ0v) is 14.2. The Hall–Kier alpha value is -1.95. The highest BCUT2D eigenvalue weighted by atomic mass is 16.5. The molecule has 0 bridgehead atoms. The first kappa shape index (κ1) is 16.9. The molecule has 1 atom stereocenters. The van der Waals surface area contributed by atoms with Gasteiger partial charge in [-0.15, -0.1) is 0 Å². The van der Waals surface area contributed by atoms with E-state index in [-0.39, 0.29) is 24.5 Å². The molecule has 3 heterocycles. The Balaban J connectivity index is 1.61. The summed E-state index contributed by atoms with van der Waals surface area (Å²) in [5, 5.41) is 0. The molecule has 0 unspecified atom stereocenters. The number of morpholine rings is 1. The number of rotatable bonds is 3. The maximum Gasteiger partial charge on any atom is 0.242 e. The van der Waals surface area contributed by atoms with Crippen molar-refractivity contribution in [2.45, 2.75) is 38.7 Å². The van der Waals surface area contributed by atoms with Gasteiger partial charge in [0.25, 0.3) is 0 Å². The van der Waals surface area contributed by atoms with Crippen LogP contribution in [-0.4, -0.2) is 59.4 Å². The summed E-state index contributed by atoms with van der Waals surface area (Å²) in [6, 6.07) is 3.93. The first-order valence-corrected chi connectivity index (χ1v) is 8.73. The van der Waals surface area contributed by atoms with E-state index in [1.807, 2.05) is 24.0 Å². The highest BCUT2D eigenvalue weighted by Crippen LogP contribution is 2.22. The molecule has 0 radical (unpaired) electrons. The van der Waals surface area contributed by atoms with Gasteiger partial charge >= 0.3 is 0 Å². The summed E-state index contributed by atoms with van der Waals surface area (Å²) < 4.78 is 5.83. The van der Waals surface area contributed by atoms with E-state index in [1.165, 1.54) is 0 Å². The van der Waals surface area contributed by atoms with E-state index in [1.54, 1.807) is 11.1 Å². The molecule has 3 rings (SSSR count). The molecular weight excluding hydrogens is 306 g/mol. The number of pyridine rings is 1. The monoisotopic (exact) mass is 331 g/mol. The lowest BCUT2D eigenvalue weighted by Crippen LogP contribution is -2.47. The lowest BCUT2D eigenvalue weighted by atomic mass is 10.1. The molecule has 1 aromatic heterocycles. The average Bonchev–Trinajstić information content (AvgIpc) is 2.80. The topological polar surface area (TPSA) is 62.7 Å². The largest absolute Gasteiger partial charge is 0.370 e. The average molecular weight is 331 g/mol. The smallest absolute Gasteiger partial charge is 0.242 e. The Morgan fingerprint density at radius 1 is 1.33 bits per heavy atom. The minimum Gasteiger partial charge on any atom is -0.370 e. The van der Waals surface area contributed by atoms with E-state index >= 15 is 0 Å². The normalized spacial score (nSPS) is 22.4. The Kier molecular flexibility index (Phi) is 5.45. The van der Waals surface area contributed by atoms with Gasteiger partial charge < -0.3 is 14.5 Å². The van der Waals surface area contributed by atoms with E-state index in [4.69, 9.17) is 4.74 Å². The predicted octanol–water partition coefficient (Wildman–Crippen LogP) is 1.69. The Bertz CT molecular complexity index is 605. The molecule has 2 saturated heterocycles. The molecule has 6 heteroatoms. The second-order valence-electron chi connectivity index (χ2n) is 6.56. The molecule has 0 N–H and O–H groups in total. The number of hydrogen-bond donors (Lipinski definition) is 0. The van der Waals surface area contributed by atoms with Crippen LogP contribution in [0.4, 0.5) is 0 Å². The van der Waals surface area contributed by atoms with Gasteiger partial charge in [0.1, 0.15) is 6.10 Å². The van der Waals surface area contributed by atoms with Crippen LogP contribution in [0.15, 0.2) is 18.3 Å². The fourth-order valence-corrected chi connectivity index (χ4v) is 3.31. The second kappa shape index (κ2) is 7.75. The highest BCUT2D eigenvalue weighted by molar-refractivity contribution is 5.85. The molecular formula is C18H25N3O3. The van der Waals surface area contributed by atoms with Gasteiger partial charge in [-0.1, -0.05) is 6.42 Å². The highest BCUT2D eigenvalue weighted by Gasteiger charge is 2.28. The number of aromatic nitrogens is 1. The summed E-state index contributed by atoms with van der Waals surface area (Å²) in [6.45, 7) is 4.47. The molecule has 24 heavy (non-hydrogen) atoms. The summed E-state index contributed by atoms with van der Waals surface area (Å²) in [4.78, 5) is 32.5. The van der Waals surface area contributed by atoms with Crippen LogP contribution in [0, 0.1) is 6.92 Å². The van der Waals surface area contributed by atoms with E-state index in [9.17, 15) is 9.59 Å². The molecule has 2 aliphatic heterocycles. The summed E-state index contributed by atoms with van der Waals surface area (Å²) in [7, 11) is 0. The number of ether oxygens (including phenoxy) is 1. The molecule has 2 aliphatic rings. The molecule has 0 aromatic carbocycles. The van der Waals surface area contributed by atoms with Gasteiger partial charge in [0, 0.05) is 31.4 Å². The number of hydrogen-bond acceptors (Lipinski definition) is 4. The second-order valence-corrected chi connectivity index (χ2v) is 6.56. The minimum atomic E-state index is -0.121. The van der Waals surface area contributed by atoms with E-state index in [0.29, 0.717) is 32.7 Å². The van der Waals surface area contributed by atoms with Crippen LogP contribution in [-0.2, 0) is 14.3 Å². The van der Waals surface area contributed by atoms with Gasteiger partial charge in [0.05, 0.1) is 19.7 Å². The van der Waals surface area contributed by atoms with Crippen molar-refractivity contribution in [3.8, 4) is 0 Å². The molecule has 0 aliphatic carbocycles. The fourth-order valence-electron chi connectivity index (χ4n) is 3.31. The first-order valence-electron chi connectivity index (χ1n) is 8.73. The maximum atomic E-state index is 12.6. The number of carbonyl (C=O) groups excluding carboxylic acids is 2. The molecule has 0 spiro atoms. The van der Waals surface area contributed by atoms with Gasteiger partial charge in [-0.25, -0.2) is 0 Å². The van der Waals surface area contributed by atoms with Gasteiger partial charge in [0.15, 0.2) is 0 Å². The van der Waals surface area contributed by atoms with Crippen LogP contribution >= 0.6 is 0 Å². The quantitative estimate of drug-likeness (QED) is 0.846. The predicted molar refractivity (Wildman–Crippen MR) is 89.3 cm³/mol. The molecule has 1 aromatic rings. The molecule has 0 saturated carbocycles. The zero-order chi connectivity index (χ0) is 16.9. The van der Waals surface area contributed by atoms with Crippen LogP contribution in [0.3, 0.4) is 0 Å².